The number of fused-ring (bicyclic) bond motifs is 1. The minimum absolute atomic E-state index is 0.0552. The van der Waals surface area contributed by atoms with E-state index in [1.807, 2.05) is 0 Å². The predicted molar refractivity (Wildman–Crippen MR) is 99.8 cm³/mol. The number of benzene rings is 1. The van der Waals surface area contributed by atoms with Gasteiger partial charge in [0.05, 0.1) is 25.5 Å². The number of carbonyl (C=O) groups excluding carboxylic acids is 3. The lowest BCUT2D eigenvalue weighted by molar-refractivity contribution is 0.00860. The molecule has 4 unspecified atom stereocenters. The maximum absolute atomic E-state index is 12.2. The number of nitrogens with one attached hydrogen (secondary N) is 2. The van der Waals surface area contributed by atoms with Gasteiger partial charge >= 0.3 is 6.09 Å². The van der Waals surface area contributed by atoms with Crippen molar-refractivity contribution in [1.82, 2.24) is 5.32 Å². The molecule has 0 radical (unpaired) electrons. The van der Waals surface area contributed by atoms with Crippen LogP contribution in [0.2, 0.25) is 0 Å². The lowest BCUT2D eigenvalue weighted by Crippen LogP contribution is -2.44. The van der Waals surface area contributed by atoms with E-state index in [-0.39, 0.29) is 36.7 Å². The van der Waals surface area contributed by atoms with Crippen molar-refractivity contribution in [2.45, 2.75) is 31.3 Å². The van der Waals surface area contributed by atoms with Gasteiger partial charge in [-0.05, 0) is 43.3 Å². The molecular formula is C20H20N2O7. The number of amides is 2. The van der Waals surface area contributed by atoms with Gasteiger partial charge in [-0.15, -0.1) is 0 Å². The van der Waals surface area contributed by atoms with Crippen molar-refractivity contribution in [3.05, 3.63) is 54.0 Å². The van der Waals surface area contributed by atoms with E-state index in [2.05, 4.69) is 10.6 Å². The van der Waals surface area contributed by atoms with Crippen LogP contribution in [0.1, 0.15) is 27.8 Å². The van der Waals surface area contributed by atoms with E-state index < -0.39 is 24.4 Å². The zero-order chi connectivity index (χ0) is 20.4. The minimum atomic E-state index is -0.651. The summed E-state index contributed by atoms with van der Waals surface area (Å²) in [5.74, 6) is -0.210. The van der Waals surface area contributed by atoms with Gasteiger partial charge in [0, 0.05) is 11.3 Å². The van der Waals surface area contributed by atoms with E-state index in [1.165, 1.54) is 13.2 Å². The number of furan rings is 1. The summed E-state index contributed by atoms with van der Waals surface area (Å²) in [6, 6.07) is 9.32. The molecule has 152 valence electrons. The van der Waals surface area contributed by atoms with Gasteiger partial charge in [-0.2, -0.15) is 0 Å². The molecule has 2 fully saturated rings. The molecule has 1 aromatic carbocycles. The van der Waals surface area contributed by atoms with Gasteiger partial charge in [-0.3, -0.25) is 14.9 Å². The Hall–Kier alpha value is -3.17. The van der Waals surface area contributed by atoms with Gasteiger partial charge in [0.1, 0.15) is 12.2 Å². The first-order chi connectivity index (χ1) is 14.0. The van der Waals surface area contributed by atoms with Crippen LogP contribution < -0.4 is 10.6 Å². The number of hydrogen-bond donors (Lipinski definition) is 2. The second-order valence-corrected chi connectivity index (χ2v) is 6.86. The second-order valence-electron chi connectivity index (χ2n) is 6.86. The number of carbonyl (C=O) groups is 3. The molecule has 0 spiro atoms. The zero-order valence-corrected chi connectivity index (χ0v) is 15.6. The molecule has 2 N–H and O–H groups in total. The molecule has 2 aliphatic rings. The summed E-state index contributed by atoms with van der Waals surface area (Å²) in [6.45, 7) is 1.88. The number of ether oxygens (including phenoxy) is 3. The van der Waals surface area contributed by atoms with E-state index in [4.69, 9.17) is 18.6 Å². The second kappa shape index (κ2) is 8.06. The smallest absolute Gasteiger partial charge is 0.412 e. The zero-order valence-electron chi connectivity index (χ0n) is 15.6. The molecule has 9 heteroatoms. The molecule has 29 heavy (non-hydrogen) atoms. The third-order valence-corrected chi connectivity index (χ3v) is 4.87. The Labute approximate surface area is 166 Å². The summed E-state index contributed by atoms with van der Waals surface area (Å²) in [4.78, 5) is 35.6. The van der Waals surface area contributed by atoms with Crippen LogP contribution in [-0.4, -0.2) is 55.4 Å². The maximum Gasteiger partial charge on any atom is 0.412 e. The summed E-state index contributed by atoms with van der Waals surface area (Å²) < 4.78 is 21.9. The molecule has 3 heterocycles. The van der Waals surface area contributed by atoms with E-state index in [1.54, 1.807) is 36.4 Å². The average molecular weight is 400 g/mol. The topological polar surface area (TPSA) is 116 Å². The molecule has 9 nitrogen and oxygen atoms in total. The SMILES string of the molecule is CC(=O)c1ccc(NC(=O)OC2COC3C(NC(=O)c4ccco4)COC23)cc1. The van der Waals surface area contributed by atoms with Crippen LogP contribution >= 0.6 is 0 Å². The number of rotatable bonds is 5. The molecule has 2 amide bonds. The summed E-state index contributed by atoms with van der Waals surface area (Å²) in [5, 5.41) is 5.43. The lowest BCUT2D eigenvalue weighted by atomic mass is 10.1. The highest BCUT2D eigenvalue weighted by Gasteiger charge is 2.50. The van der Waals surface area contributed by atoms with E-state index >= 15 is 0 Å². The van der Waals surface area contributed by atoms with Crippen LogP contribution in [-0.2, 0) is 14.2 Å². The third kappa shape index (κ3) is 4.15. The summed E-state index contributed by atoms with van der Waals surface area (Å²) >= 11 is 0. The first kappa shape index (κ1) is 19.2. The molecule has 0 bridgehead atoms. The fourth-order valence-electron chi connectivity index (χ4n) is 3.41. The van der Waals surface area contributed by atoms with Gasteiger partial charge in [0.25, 0.3) is 5.91 Å². The summed E-state index contributed by atoms with van der Waals surface area (Å²) in [7, 11) is 0. The first-order valence-electron chi connectivity index (χ1n) is 9.17. The van der Waals surface area contributed by atoms with Gasteiger partial charge < -0.3 is 23.9 Å². The lowest BCUT2D eigenvalue weighted by Gasteiger charge is -2.17. The molecule has 2 saturated heterocycles. The van der Waals surface area contributed by atoms with Gasteiger partial charge in [-0.1, -0.05) is 0 Å². The monoisotopic (exact) mass is 400 g/mol. The van der Waals surface area contributed by atoms with E-state index in [0.29, 0.717) is 11.3 Å². The fourth-order valence-corrected chi connectivity index (χ4v) is 3.41. The van der Waals surface area contributed by atoms with Crippen LogP contribution in [0.25, 0.3) is 0 Å². The fraction of sp³-hybridized carbons (Fsp3) is 0.350. The minimum Gasteiger partial charge on any atom is -0.459 e. The van der Waals surface area contributed by atoms with Crippen molar-refractivity contribution in [3.8, 4) is 0 Å². The average Bonchev–Trinajstić information content (AvgIpc) is 3.42. The van der Waals surface area contributed by atoms with Gasteiger partial charge in [-0.25, -0.2) is 4.79 Å². The number of anilines is 1. The molecule has 1 aromatic heterocycles. The van der Waals surface area contributed by atoms with Gasteiger partial charge in [0.15, 0.2) is 17.6 Å². The molecule has 4 atom stereocenters. The van der Waals surface area contributed by atoms with Crippen LogP contribution in [0.15, 0.2) is 47.1 Å². The largest absolute Gasteiger partial charge is 0.459 e. The van der Waals surface area contributed by atoms with Crippen molar-refractivity contribution in [2.24, 2.45) is 0 Å². The highest BCUT2D eigenvalue weighted by molar-refractivity contribution is 5.95. The van der Waals surface area contributed by atoms with E-state index in [0.717, 1.165) is 0 Å². The normalized spacial score (nSPS) is 25.3. The number of ketones is 1. The molecule has 0 aliphatic carbocycles. The Morgan fingerprint density at radius 1 is 1.03 bits per heavy atom. The standard InChI is InChI=1S/C20H20N2O7/c1-11(23)12-4-6-13(7-5-12)21-20(25)29-16-10-28-17-14(9-27-18(16)17)22-19(24)15-3-2-8-26-15/h2-8,14,16-18H,9-10H2,1H3,(H,21,25)(H,22,24). The first-order valence-corrected chi connectivity index (χ1v) is 9.17. The van der Waals surface area contributed by atoms with Crippen molar-refractivity contribution in [3.63, 3.8) is 0 Å². The Bertz CT molecular complexity index is 894. The highest BCUT2D eigenvalue weighted by atomic mass is 16.6. The number of hydrogen-bond acceptors (Lipinski definition) is 7. The Morgan fingerprint density at radius 2 is 1.79 bits per heavy atom. The van der Waals surface area contributed by atoms with Crippen molar-refractivity contribution >= 4 is 23.5 Å². The number of Topliss-reactive ketones (excluding diaryl/α,β-unsaturated/α-hetero) is 1. The van der Waals surface area contributed by atoms with Crippen LogP contribution in [0.5, 0.6) is 0 Å². The van der Waals surface area contributed by atoms with Crippen molar-refractivity contribution < 1.29 is 33.0 Å². The van der Waals surface area contributed by atoms with Crippen LogP contribution in [0.3, 0.4) is 0 Å². The summed E-state index contributed by atoms with van der Waals surface area (Å²) in [6.07, 6.45) is -0.710. The molecule has 2 aliphatic heterocycles. The molecule has 0 saturated carbocycles. The molecule has 2 aromatic rings. The summed E-state index contributed by atoms with van der Waals surface area (Å²) in [5.41, 5.74) is 1.06. The third-order valence-electron chi connectivity index (χ3n) is 4.87. The Morgan fingerprint density at radius 3 is 2.48 bits per heavy atom. The molecular weight excluding hydrogens is 380 g/mol. The van der Waals surface area contributed by atoms with Crippen LogP contribution in [0.4, 0.5) is 10.5 Å². The highest BCUT2D eigenvalue weighted by Crippen LogP contribution is 2.29. The molecule has 4 rings (SSSR count). The van der Waals surface area contributed by atoms with Crippen molar-refractivity contribution in [1.29, 1.82) is 0 Å². The van der Waals surface area contributed by atoms with Crippen molar-refractivity contribution in [2.75, 3.05) is 18.5 Å². The van der Waals surface area contributed by atoms with Gasteiger partial charge in [0.2, 0.25) is 0 Å². The quantitative estimate of drug-likeness (QED) is 0.738. The maximum atomic E-state index is 12.2. The van der Waals surface area contributed by atoms with Crippen LogP contribution in [0, 0.1) is 0 Å². The van der Waals surface area contributed by atoms with E-state index in [9.17, 15) is 14.4 Å². The Balaban J connectivity index is 1.30. The predicted octanol–water partition coefficient (Wildman–Crippen LogP) is 2.00. The Kier molecular flexibility index (Phi) is 5.32.